The molecule has 2 aromatic rings. The first-order chi connectivity index (χ1) is 14.6. The van der Waals surface area contributed by atoms with Crippen molar-refractivity contribution in [2.75, 3.05) is 0 Å². The van der Waals surface area contributed by atoms with E-state index in [9.17, 15) is 14.4 Å². The second-order valence-electron chi connectivity index (χ2n) is 8.22. The molecule has 0 radical (unpaired) electrons. The van der Waals surface area contributed by atoms with Crippen LogP contribution >= 0.6 is 0 Å². The number of benzene rings is 2. The van der Waals surface area contributed by atoms with E-state index in [1.54, 1.807) is 52.0 Å². The van der Waals surface area contributed by atoms with Gasteiger partial charge in [-0.1, -0.05) is 49.0 Å². The molecule has 2 aromatic carbocycles. The summed E-state index contributed by atoms with van der Waals surface area (Å²) in [5, 5.41) is 1.02. The van der Waals surface area contributed by atoms with E-state index < -0.39 is 29.6 Å². The first-order valence-corrected chi connectivity index (χ1v) is 9.96. The van der Waals surface area contributed by atoms with Crippen molar-refractivity contribution in [1.29, 1.82) is 0 Å². The molecular formula is C24H26N2O5. The summed E-state index contributed by atoms with van der Waals surface area (Å²) in [6, 6.07) is 15.0. The van der Waals surface area contributed by atoms with Crippen LogP contribution in [0.3, 0.4) is 0 Å². The molecular weight excluding hydrogens is 396 g/mol. The fourth-order valence-electron chi connectivity index (χ4n) is 3.12. The molecule has 3 rings (SSSR count). The van der Waals surface area contributed by atoms with Gasteiger partial charge in [-0.05, 0) is 45.4 Å². The Morgan fingerprint density at radius 1 is 1.00 bits per heavy atom. The Labute approximate surface area is 181 Å². The fraction of sp³-hybridized carbons (Fsp3) is 0.292. The minimum atomic E-state index is -0.847. The number of hydrogen-bond acceptors (Lipinski definition) is 5. The average Bonchev–Trinajstić information content (AvgIpc) is 2.97. The lowest BCUT2D eigenvalue weighted by molar-refractivity contribution is -0.171. The minimum Gasteiger partial charge on any atom is -0.442 e. The lowest BCUT2D eigenvalue weighted by Crippen LogP contribution is -2.46. The molecule has 162 valence electrons. The van der Waals surface area contributed by atoms with Crippen LogP contribution in [0.2, 0.25) is 0 Å². The van der Waals surface area contributed by atoms with Crippen molar-refractivity contribution in [2.24, 2.45) is 0 Å². The summed E-state index contributed by atoms with van der Waals surface area (Å²) in [6.07, 6.45) is -0.742. The van der Waals surface area contributed by atoms with Crippen molar-refractivity contribution in [1.82, 2.24) is 9.96 Å². The number of fused-ring (bicyclic) bond motifs is 1. The van der Waals surface area contributed by atoms with Crippen molar-refractivity contribution in [3.8, 4) is 0 Å². The van der Waals surface area contributed by atoms with Gasteiger partial charge in [0.15, 0.2) is 0 Å². The van der Waals surface area contributed by atoms with Crippen molar-refractivity contribution < 1.29 is 24.0 Å². The molecule has 0 aliphatic carbocycles. The third-order valence-corrected chi connectivity index (χ3v) is 4.70. The molecule has 0 saturated heterocycles. The Kier molecular flexibility index (Phi) is 6.27. The predicted octanol–water partition coefficient (Wildman–Crippen LogP) is 4.55. The van der Waals surface area contributed by atoms with Gasteiger partial charge in [0.1, 0.15) is 18.2 Å². The number of rotatable bonds is 6. The molecule has 31 heavy (non-hydrogen) atoms. The van der Waals surface area contributed by atoms with E-state index in [1.165, 1.54) is 0 Å². The molecule has 7 heteroatoms. The number of carbonyl (C=O) groups excluding carboxylic acids is 3. The summed E-state index contributed by atoms with van der Waals surface area (Å²) in [5.41, 5.74) is 0.798. The number of amides is 3. The highest BCUT2D eigenvalue weighted by Gasteiger charge is 2.40. The van der Waals surface area contributed by atoms with Crippen LogP contribution in [0.1, 0.15) is 54.0 Å². The molecule has 7 nitrogen and oxygen atoms in total. The smallest absolute Gasteiger partial charge is 0.435 e. The molecule has 0 aromatic heterocycles. The maximum Gasteiger partial charge on any atom is 0.435 e. The van der Waals surface area contributed by atoms with E-state index in [1.807, 2.05) is 30.3 Å². The lowest BCUT2D eigenvalue weighted by Gasteiger charge is -2.33. The van der Waals surface area contributed by atoms with Gasteiger partial charge in [0.05, 0.1) is 11.1 Å². The van der Waals surface area contributed by atoms with Gasteiger partial charge in [-0.25, -0.2) is 9.69 Å². The van der Waals surface area contributed by atoms with Gasteiger partial charge in [-0.2, -0.15) is 5.06 Å². The topological polar surface area (TPSA) is 76.2 Å². The number of carbonyl (C=O) groups is 3. The molecule has 0 unspecified atom stereocenters. The van der Waals surface area contributed by atoms with Gasteiger partial charge in [-0.15, -0.1) is 0 Å². The van der Waals surface area contributed by atoms with Gasteiger partial charge < -0.3 is 4.74 Å². The summed E-state index contributed by atoms with van der Waals surface area (Å²) in [7, 11) is 0. The Hall–Kier alpha value is -3.45. The zero-order valence-electron chi connectivity index (χ0n) is 18.1. The van der Waals surface area contributed by atoms with E-state index in [0.29, 0.717) is 11.1 Å². The standard InChI is InChI=1S/C24H26N2O5/c1-16(25-21(27)19-13-9-10-14-20(19)22(25)28)17(2)26(23(29)31-24(3,4)5)30-15-18-11-7-6-8-12-18/h6-14,17H,1,15H2,2-5H3/t17-/m1/s1. The molecule has 1 aliphatic heterocycles. The third-order valence-electron chi connectivity index (χ3n) is 4.70. The number of hydrogen-bond donors (Lipinski definition) is 0. The second kappa shape index (κ2) is 8.73. The highest BCUT2D eigenvalue weighted by atomic mass is 16.7. The Morgan fingerprint density at radius 3 is 2.03 bits per heavy atom. The highest BCUT2D eigenvalue weighted by molar-refractivity contribution is 6.22. The van der Waals surface area contributed by atoms with Gasteiger partial charge in [0.2, 0.25) is 0 Å². The zero-order chi connectivity index (χ0) is 22.8. The number of imide groups is 1. The van der Waals surface area contributed by atoms with Crippen molar-refractivity contribution >= 4 is 17.9 Å². The van der Waals surface area contributed by atoms with Crippen LogP contribution in [0, 0.1) is 0 Å². The maximum atomic E-state index is 12.9. The number of ether oxygens (including phenoxy) is 1. The highest BCUT2D eigenvalue weighted by Crippen LogP contribution is 2.28. The van der Waals surface area contributed by atoms with E-state index in [2.05, 4.69) is 6.58 Å². The lowest BCUT2D eigenvalue weighted by atomic mass is 10.1. The Bertz CT molecular complexity index is 975. The molecule has 1 aliphatic rings. The first-order valence-electron chi connectivity index (χ1n) is 9.96. The maximum absolute atomic E-state index is 12.9. The third kappa shape index (κ3) is 4.83. The van der Waals surface area contributed by atoms with Crippen LogP contribution in [0.25, 0.3) is 0 Å². The molecule has 1 atom stereocenters. The van der Waals surface area contributed by atoms with Crippen LogP contribution in [-0.2, 0) is 16.2 Å². The first kappa shape index (κ1) is 22.2. The SMILES string of the molecule is C=C([C@@H](C)N(OCc1ccccc1)C(=O)OC(C)(C)C)N1C(=O)c2ccccc2C1=O. The van der Waals surface area contributed by atoms with Crippen LogP contribution < -0.4 is 0 Å². The normalized spacial score (nSPS) is 14.3. The predicted molar refractivity (Wildman–Crippen MR) is 115 cm³/mol. The molecule has 3 amide bonds. The molecule has 0 spiro atoms. The van der Waals surface area contributed by atoms with Gasteiger partial charge in [0.25, 0.3) is 11.8 Å². The number of nitrogens with zero attached hydrogens (tertiary/aromatic N) is 2. The monoisotopic (exact) mass is 422 g/mol. The van der Waals surface area contributed by atoms with Gasteiger partial charge in [0, 0.05) is 5.70 Å². The van der Waals surface area contributed by atoms with E-state index in [0.717, 1.165) is 15.5 Å². The van der Waals surface area contributed by atoms with Crippen LogP contribution in [-0.4, -0.2) is 39.5 Å². The van der Waals surface area contributed by atoms with Gasteiger partial charge in [-0.3, -0.25) is 14.4 Å². The second-order valence-corrected chi connectivity index (χ2v) is 8.22. The fourth-order valence-corrected chi connectivity index (χ4v) is 3.12. The van der Waals surface area contributed by atoms with Crippen LogP contribution in [0.5, 0.6) is 0 Å². The zero-order valence-corrected chi connectivity index (χ0v) is 18.1. The summed E-state index contributed by atoms with van der Waals surface area (Å²) in [6.45, 7) is 10.9. The summed E-state index contributed by atoms with van der Waals surface area (Å²) in [5.74, 6) is -0.964. The minimum absolute atomic E-state index is 0.0970. The number of hydroxylamine groups is 2. The summed E-state index contributed by atoms with van der Waals surface area (Å²) in [4.78, 5) is 45.3. The van der Waals surface area contributed by atoms with E-state index in [4.69, 9.17) is 9.57 Å². The van der Waals surface area contributed by atoms with Crippen LogP contribution in [0.4, 0.5) is 4.79 Å². The van der Waals surface area contributed by atoms with Gasteiger partial charge >= 0.3 is 6.09 Å². The Balaban J connectivity index is 1.84. The molecule has 0 saturated carbocycles. The van der Waals surface area contributed by atoms with E-state index in [-0.39, 0.29) is 12.3 Å². The molecule has 0 bridgehead atoms. The molecule has 1 heterocycles. The Morgan fingerprint density at radius 2 is 1.52 bits per heavy atom. The molecule has 0 fully saturated rings. The van der Waals surface area contributed by atoms with Crippen molar-refractivity contribution in [3.05, 3.63) is 83.6 Å². The summed E-state index contributed by atoms with van der Waals surface area (Å²) < 4.78 is 5.47. The average molecular weight is 422 g/mol. The van der Waals surface area contributed by atoms with Crippen LogP contribution in [0.15, 0.2) is 66.9 Å². The molecule has 0 N–H and O–H groups in total. The van der Waals surface area contributed by atoms with E-state index >= 15 is 0 Å². The quantitative estimate of drug-likeness (QED) is 0.504. The van der Waals surface area contributed by atoms with Crippen molar-refractivity contribution in [2.45, 2.75) is 45.9 Å². The van der Waals surface area contributed by atoms with Crippen molar-refractivity contribution in [3.63, 3.8) is 0 Å². The largest absolute Gasteiger partial charge is 0.442 e. The summed E-state index contributed by atoms with van der Waals surface area (Å²) >= 11 is 0.